The van der Waals surface area contributed by atoms with Gasteiger partial charge in [0.2, 0.25) is 0 Å². The summed E-state index contributed by atoms with van der Waals surface area (Å²) in [5.74, 6) is 1.58. The molecule has 3 nitrogen and oxygen atoms in total. The Hall–Kier alpha value is -1.22. The van der Waals surface area contributed by atoms with Crippen LogP contribution in [0.4, 0.5) is 0 Å². The van der Waals surface area contributed by atoms with Gasteiger partial charge in [-0.2, -0.15) is 0 Å². The van der Waals surface area contributed by atoms with Gasteiger partial charge in [0, 0.05) is 0 Å². The topological polar surface area (TPSA) is 44.5 Å². The Morgan fingerprint density at radius 1 is 1.25 bits per heavy atom. The van der Waals surface area contributed by atoms with E-state index in [4.69, 9.17) is 15.2 Å². The summed E-state index contributed by atoms with van der Waals surface area (Å²) in [5, 5.41) is 0. The van der Waals surface area contributed by atoms with Crippen LogP contribution in [-0.2, 0) is 0 Å². The smallest absolute Gasteiger partial charge is 0.161 e. The van der Waals surface area contributed by atoms with Crippen molar-refractivity contribution in [1.29, 1.82) is 0 Å². The Morgan fingerprint density at radius 3 is 2.44 bits per heavy atom. The molecule has 0 unspecified atom stereocenters. The van der Waals surface area contributed by atoms with E-state index in [-0.39, 0.29) is 11.6 Å². The van der Waals surface area contributed by atoms with E-state index in [2.05, 4.69) is 0 Å². The van der Waals surface area contributed by atoms with Crippen molar-refractivity contribution in [2.45, 2.75) is 38.3 Å². The van der Waals surface area contributed by atoms with Crippen LogP contribution in [0.25, 0.3) is 0 Å². The Morgan fingerprint density at radius 2 is 1.88 bits per heavy atom. The van der Waals surface area contributed by atoms with Crippen molar-refractivity contribution in [1.82, 2.24) is 0 Å². The van der Waals surface area contributed by atoms with Crippen LogP contribution in [0.3, 0.4) is 0 Å². The van der Waals surface area contributed by atoms with Crippen molar-refractivity contribution in [3.05, 3.63) is 24.3 Å². The maximum atomic E-state index is 5.98. The second-order valence-corrected chi connectivity index (χ2v) is 4.76. The van der Waals surface area contributed by atoms with Gasteiger partial charge < -0.3 is 15.2 Å². The maximum absolute atomic E-state index is 5.98. The first kappa shape index (κ1) is 11.3. The summed E-state index contributed by atoms with van der Waals surface area (Å²) in [6.07, 6.45) is 2.26. The molecule has 1 aromatic carbocycles. The van der Waals surface area contributed by atoms with Gasteiger partial charge in [-0.1, -0.05) is 12.1 Å². The third-order valence-corrected chi connectivity index (χ3v) is 2.62. The summed E-state index contributed by atoms with van der Waals surface area (Å²) in [5.41, 5.74) is 5.89. The number of ether oxygens (including phenoxy) is 2. The second kappa shape index (κ2) is 4.34. The second-order valence-electron chi connectivity index (χ2n) is 4.76. The molecule has 88 valence electrons. The first-order valence-corrected chi connectivity index (χ1v) is 5.76. The summed E-state index contributed by atoms with van der Waals surface area (Å²) in [4.78, 5) is 0. The predicted octanol–water partition coefficient (Wildman–Crippen LogP) is 2.34. The number of hydrogen-bond donors (Lipinski definition) is 1. The van der Waals surface area contributed by atoms with E-state index in [9.17, 15) is 0 Å². The zero-order chi connectivity index (χ0) is 11.6. The molecule has 16 heavy (non-hydrogen) atoms. The number of hydrogen-bond acceptors (Lipinski definition) is 3. The Bertz CT molecular complexity index is 359. The van der Waals surface area contributed by atoms with Crippen molar-refractivity contribution in [3.63, 3.8) is 0 Å². The molecule has 0 bridgehead atoms. The fraction of sp³-hybridized carbons (Fsp3) is 0.538. The first-order chi connectivity index (χ1) is 7.59. The largest absolute Gasteiger partial charge is 0.488 e. The van der Waals surface area contributed by atoms with E-state index in [0.29, 0.717) is 6.61 Å². The molecular weight excluding hydrogens is 202 g/mol. The minimum atomic E-state index is -0.0923. The van der Waals surface area contributed by atoms with E-state index in [1.807, 2.05) is 38.1 Å². The minimum absolute atomic E-state index is 0.0923. The molecule has 0 radical (unpaired) electrons. The van der Waals surface area contributed by atoms with Gasteiger partial charge in [0.25, 0.3) is 0 Å². The van der Waals surface area contributed by atoms with Crippen LogP contribution >= 0.6 is 0 Å². The quantitative estimate of drug-likeness (QED) is 0.830. The van der Waals surface area contributed by atoms with Gasteiger partial charge >= 0.3 is 0 Å². The third kappa shape index (κ3) is 2.89. The number of rotatable bonds is 5. The van der Waals surface area contributed by atoms with Crippen molar-refractivity contribution in [2.24, 2.45) is 5.73 Å². The molecule has 1 aromatic rings. The molecule has 2 N–H and O–H groups in total. The van der Waals surface area contributed by atoms with Gasteiger partial charge in [0.15, 0.2) is 11.5 Å². The van der Waals surface area contributed by atoms with Crippen LogP contribution in [0, 0.1) is 0 Å². The SMILES string of the molecule is CC(C)Oc1ccccc1OCC1(N)CC1. The van der Waals surface area contributed by atoms with Crippen LogP contribution in [0.2, 0.25) is 0 Å². The van der Waals surface area contributed by atoms with Gasteiger partial charge in [-0.25, -0.2) is 0 Å². The third-order valence-electron chi connectivity index (χ3n) is 2.62. The van der Waals surface area contributed by atoms with E-state index < -0.39 is 0 Å². The average Bonchev–Trinajstić information content (AvgIpc) is 2.95. The highest BCUT2D eigenvalue weighted by Crippen LogP contribution is 2.34. The Balaban J connectivity index is 2.01. The van der Waals surface area contributed by atoms with Gasteiger partial charge in [-0.15, -0.1) is 0 Å². The van der Waals surface area contributed by atoms with Crippen LogP contribution in [-0.4, -0.2) is 18.2 Å². The van der Waals surface area contributed by atoms with E-state index in [1.54, 1.807) is 0 Å². The average molecular weight is 221 g/mol. The minimum Gasteiger partial charge on any atom is -0.488 e. The molecule has 0 saturated heterocycles. The number of para-hydroxylation sites is 2. The maximum Gasteiger partial charge on any atom is 0.161 e. The van der Waals surface area contributed by atoms with Crippen molar-refractivity contribution in [2.75, 3.05) is 6.61 Å². The van der Waals surface area contributed by atoms with Crippen molar-refractivity contribution in [3.8, 4) is 11.5 Å². The molecule has 1 saturated carbocycles. The summed E-state index contributed by atoms with van der Waals surface area (Å²) in [6, 6.07) is 7.73. The van der Waals surface area contributed by atoms with Crippen molar-refractivity contribution < 1.29 is 9.47 Å². The molecule has 0 atom stereocenters. The highest BCUT2D eigenvalue weighted by atomic mass is 16.5. The lowest BCUT2D eigenvalue weighted by atomic mass is 10.3. The number of nitrogens with two attached hydrogens (primary N) is 1. The van der Waals surface area contributed by atoms with E-state index in [1.165, 1.54) is 0 Å². The van der Waals surface area contributed by atoms with Gasteiger partial charge in [0.1, 0.15) is 6.61 Å². The molecule has 3 heteroatoms. The molecule has 0 aliphatic heterocycles. The summed E-state index contributed by atoms with van der Waals surface area (Å²) in [6.45, 7) is 4.58. The summed E-state index contributed by atoms with van der Waals surface area (Å²) >= 11 is 0. The monoisotopic (exact) mass is 221 g/mol. The standard InChI is InChI=1S/C13H19NO2/c1-10(2)16-12-6-4-3-5-11(12)15-9-13(14)7-8-13/h3-6,10H,7-9,14H2,1-2H3. The van der Waals surface area contributed by atoms with Gasteiger partial charge in [0.05, 0.1) is 11.6 Å². The lowest BCUT2D eigenvalue weighted by Gasteiger charge is -2.16. The molecule has 1 fully saturated rings. The van der Waals surface area contributed by atoms with Crippen LogP contribution in [0.1, 0.15) is 26.7 Å². The Labute approximate surface area is 96.5 Å². The van der Waals surface area contributed by atoms with Crippen LogP contribution in [0.15, 0.2) is 24.3 Å². The highest BCUT2D eigenvalue weighted by Gasteiger charge is 2.39. The van der Waals surface area contributed by atoms with Gasteiger partial charge in [-0.3, -0.25) is 0 Å². The first-order valence-electron chi connectivity index (χ1n) is 5.76. The zero-order valence-electron chi connectivity index (χ0n) is 9.90. The molecule has 0 amide bonds. The molecule has 1 aliphatic rings. The molecule has 0 heterocycles. The molecule has 2 rings (SSSR count). The van der Waals surface area contributed by atoms with Crippen LogP contribution < -0.4 is 15.2 Å². The molecule has 0 aromatic heterocycles. The zero-order valence-corrected chi connectivity index (χ0v) is 9.90. The van der Waals surface area contributed by atoms with Gasteiger partial charge in [-0.05, 0) is 38.8 Å². The highest BCUT2D eigenvalue weighted by molar-refractivity contribution is 5.39. The predicted molar refractivity (Wildman–Crippen MR) is 63.9 cm³/mol. The normalized spacial score (nSPS) is 17.2. The fourth-order valence-electron chi connectivity index (χ4n) is 1.45. The van der Waals surface area contributed by atoms with Crippen LogP contribution in [0.5, 0.6) is 11.5 Å². The lowest BCUT2D eigenvalue weighted by Crippen LogP contribution is -2.29. The Kier molecular flexibility index (Phi) is 3.06. The van der Waals surface area contributed by atoms with E-state index >= 15 is 0 Å². The molecular formula is C13H19NO2. The summed E-state index contributed by atoms with van der Waals surface area (Å²) in [7, 11) is 0. The summed E-state index contributed by atoms with van der Waals surface area (Å²) < 4.78 is 11.4. The molecule has 0 spiro atoms. The lowest BCUT2D eigenvalue weighted by molar-refractivity contribution is 0.214. The fourth-order valence-corrected chi connectivity index (χ4v) is 1.45. The van der Waals surface area contributed by atoms with Crippen molar-refractivity contribution >= 4 is 0 Å². The van der Waals surface area contributed by atoms with E-state index in [0.717, 1.165) is 24.3 Å². The number of benzene rings is 1. The molecule has 1 aliphatic carbocycles.